The van der Waals surface area contributed by atoms with E-state index >= 15 is 0 Å². The van der Waals surface area contributed by atoms with Gasteiger partial charge in [0.15, 0.2) is 0 Å². The van der Waals surface area contributed by atoms with E-state index in [9.17, 15) is 0 Å². The summed E-state index contributed by atoms with van der Waals surface area (Å²) in [6.45, 7) is 2.03. The number of benzene rings is 1. The summed E-state index contributed by atoms with van der Waals surface area (Å²) < 4.78 is 0. The van der Waals surface area contributed by atoms with E-state index < -0.39 is 0 Å². The monoisotopic (exact) mass is 264 g/mol. The van der Waals surface area contributed by atoms with E-state index in [1.54, 1.807) is 18.0 Å². The standard InChI is InChI=1S/C13H13ClN2S/c1-9-4-5-10(11(14)7-9)8-17-13-12(15)3-2-6-16-13/h2-7H,8,15H2,1H3. The number of thioether (sulfide) groups is 1. The Morgan fingerprint density at radius 1 is 1.35 bits per heavy atom. The molecular formula is C13H13ClN2S. The van der Waals surface area contributed by atoms with Gasteiger partial charge in [0.1, 0.15) is 5.03 Å². The van der Waals surface area contributed by atoms with Gasteiger partial charge < -0.3 is 5.73 Å². The Morgan fingerprint density at radius 2 is 2.18 bits per heavy atom. The molecule has 2 rings (SSSR count). The summed E-state index contributed by atoms with van der Waals surface area (Å²) in [5.74, 6) is 0.778. The lowest BCUT2D eigenvalue weighted by Crippen LogP contribution is -1.91. The number of nitrogen functional groups attached to an aromatic ring is 1. The molecule has 0 bridgehead atoms. The molecule has 2 nitrogen and oxygen atoms in total. The van der Waals surface area contributed by atoms with E-state index in [0.29, 0.717) is 5.69 Å². The van der Waals surface area contributed by atoms with Crippen LogP contribution in [-0.4, -0.2) is 4.98 Å². The van der Waals surface area contributed by atoms with E-state index in [1.807, 2.05) is 31.2 Å². The summed E-state index contributed by atoms with van der Waals surface area (Å²) >= 11 is 7.77. The Hall–Kier alpha value is -1.19. The molecule has 0 aliphatic heterocycles. The molecule has 0 atom stereocenters. The van der Waals surface area contributed by atoms with Crippen molar-refractivity contribution < 1.29 is 0 Å². The smallest absolute Gasteiger partial charge is 0.119 e. The predicted octanol–water partition coefficient (Wildman–Crippen LogP) is 3.92. The molecule has 0 saturated heterocycles. The zero-order valence-corrected chi connectivity index (χ0v) is 11.1. The molecule has 0 radical (unpaired) electrons. The highest BCUT2D eigenvalue weighted by Crippen LogP contribution is 2.28. The summed E-state index contributed by atoms with van der Waals surface area (Å²) in [5, 5.41) is 1.65. The third-order valence-corrected chi connectivity index (χ3v) is 3.80. The number of halogens is 1. The van der Waals surface area contributed by atoms with Crippen LogP contribution in [0.1, 0.15) is 11.1 Å². The Labute approximate surface area is 110 Å². The SMILES string of the molecule is Cc1ccc(CSc2ncccc2N)c(Cl)c1. The van der Waals surface area contributed by atoms with E-state index in [4.69, 9.17) is 17.3 Å². The lowest BCUT2D eigenvalue weighted by atomic mass is 10.2. The van der Waals surface area contributed by atoms with Crippen molar-refractivity contribution in [2.75, 3.05) is 5.73 Å². The molecule has 1 aromatic carbocycles. The summed E-state index contributed by atoms with van der Waals surface area (Å²) in [4.78, 5) is 4.24. The minimum absolute atomic E-state index is 0.709. The van der Waals surface area contributed by atoms with Crippen molar-refractivity contribution in [3.8, 4) is 0 Å². The van der Waals surface area contributed by atoms with Crippen LogP contribution < -0.4 is 5.73 Å². The fraction of sp³-hybridized carbons (Fsp3) is 0.154. The maximum absolute atomic E-state index is 6.17. The quantitative estimate of drug-likeness (QED) is 0.854. The van der Waals surface area contributed by atoms with Gasteiger partial charge in [-0.1, -0.05) is 35.5 Å². The van der Waals surface area contributed by atoms with Crippen LogP contribution in [0.25, 0.3) is 0 Å². The summed E-state index contributed by atoms with van der Waals surface area (Å²) in [5.41, 5.74) is 8.81. The molecule has 1 aromatic heterocycles. The highest BCUT2D eigenvalue weighted by Gasteiger charge is 2.04. The van der Waals surface area contributed by atoms with Crippen molar-refractivity contribution in [1.82, 2.24) is 4.98 Å². The van der Waals surface area contributed by atoms with E-state index in [1.165, 1.54) is 5.56 Å². The first kappa shape index (κ1) is 12.3. The van der Waals surface area contributed by atoms with Crippen LogP contribution in [0.15, 0.2) is 41.6 Å². The van der Waals surface area contributed by atoms with Gasteiger partial charge in [-0.15, -0.1) is 0 Å². The van der Waals surface area contributed by atoms with Gasteiger partial charge in [-0.3, -0.25) is 0 Å². The second-order valence-electron chi connectivity index (χ2n) is 3.78. The Kier molecular flexibility index (Phi) is 3.92. The number of hydrogen-bond acceptors (Lipinski definition) is 3. The normalized spacial score (nSPS) is 10.5. The molecule has 0 saturated carbocycles. The van der Waals surface area contributed by atoms with Gasteiger partial charge in [-0.25, -0.2) is 4.98 Å². The molecule has 2 N–H and O–H groups in total. The van der Waals surface area contributed by atoms with Crippen LogP contribution in [0.2, 0.25) is 5.02 Å². The molecule has 88 valence electrons. The zero-order valence-electron chi connectivity index (χ0n) is 9.48. The summed E-state index contributed by atoms with van der Waals surface area (Å²) in [6, 6.07) is 9.76. The molecule has 4 heteroatoms. The van der Waals surface area contributed by atoms with Gasteiger partial charge in [0.2, 0.25) is 0 Å². The molecule has 17 heavy (non-hydrogen) atoms. The van der Waals surface area contributed by atoms with Gasteiger partial charge >= 0.3 is 0 Å². The summed E-state index contributed by atoms with van der Waals surface area (Å²) in [7, 11) is 0. The number of rotatable bonds is 3. The topological polar surface area (TPSA) is 38.9 Å². The van der Waals surface area contributed by atoms with Gasteiger partial charge in [-0.05, 0) is 36.2 Å². The van der Waals surface area contributed by atoms with Crippen molar-refractivity contribution in [1.29, 1.82) is 0 Å². The van der Waals surface area contributed by atoms with Gasteiger partial charge in [0.25, 0.3) is 0 Å². The highest BCUT2D eigenvalue weighted by molar-refractivity contribution is 7.98. The first-order chi connectivity index (χ1) is 8.16. The number of nitrogens with zero attached hydrogens (tertiary/aromatic N) is 1. The minimum atomic E-state index is 0.709. The fourth-order valence-electron chi connectivity index (χ4n) is 1.44. The van der Waals surface area contributed by atoms with Crippen LogP contribution in [-0.2, 0) is 5.75 Å². The highest BCUT2D eigenvalue weighted by atomic mass is 35.5. The first-order valence-corrected chi connectivity index (χ1v) is 6.61. The van der Waals surface area contributed by atoms with Crippen molar-refractivity contribution in [2.45, 2.75) is 17.7 Å². The van der Waals surface area contributed by atoms with Crippen LogP contribution in [0.4, 0.5) is 5.69 Å². The molecular weight excluding hydrogens is 252 g/mol. The second-order valence-corrected chi connectivity index (χ2v) is 5.15. The van der Waals surface area contributed by atoms with Crippen molar-refractivity contribution in [3.63, 3.8) is 0 Å². The Balaban J connectivity index is 2.10. The maximum Gasteiger partial charge on any atom is 0.119 e. The van der Waals surface area contributed by atoms with E-state index in [2.05, 4.69) is 11.1 Å². The molecule has 0 aliphatic carbocycles. The third kappa shape index (κ3) is 3.14. The largest absolute Gasteiger partial charge is 0.397 e. The first-order valence-electron chi connectivity index (χ1n) is 5.25. The van der Waals surface area contributed by atoms with E-state index in [-0.39, 0.29) is 0 Å². The average Bonchev–Trinajstić information content (AvgIpc) is 2.30. The van der Waals surface area contributed by atoms with Crippen LogP contribution >= 0.6 is 23.4 Å². The average molecular weight is 265 g/mol. The third-order valence-electron chi connectivity index (χ3n) is 2.37. The predicted molar refractivity (Wildman–Crippen MR) is 74.4 cm³/mol. The van der Waals surface area contributed by atoms with Gasteiger partial charge in [-0.2, -0.15) is 0 Å². The molecule has 1 heterocycles. The molecule has 0 amide bonds. The molecule has 0 unspecified atom stereocenters. The van der Waals surface area contributed by atoms with Crippen molar-refractivity contribution in [2.24, 2.45) is 0 Å². The number of hydrogen-bond donors (Lipinski definition) is 1. The molecule has 0 aliphatic rings. The number of pyridine rings is 1. The Morgan fingerprint density at radius 3 is 2.88 bits per heavy atom. The maximum atomic E-state index is 6.17. The lowest BCUT2D eigenvalue weighted by molar-refractivity contribution is 1.14. The fourth-order valence-corrected chi connectivity index (χ4v) is 2.73. The van der Waals surface area contributed by atoms with Gasteiger partial charge in [0, 0.05) is 17.0 Å². The number of nitrogens with two attached hydrogens (primary N) is 1. The van der Waals surface area contributed by atoms with E-state index in [0.717, 1.165) is 21.4 Å². The van der Waals surface area contributed by atoms with Crippen LogP contribution in [0, 0.1) is 6.92 Å². The zero-order chi connectivity index (χ0) is 12.3. The number of aromatic nitrogens is 1. The number of aryl methyl sites for hydroxylation is 1. The van der Waals surface area contributed by atoms with Crippen molar-refractivity contribution in [3.05, 3.63) is 52.7 Å². The number of anilines is 1. The van der Waals surface area contributed by atoms with Crippen LogP contribution in [0.3, 0.4) is 0 Å². The molecule has 0 spiro atoms. The van der Waals surface area contributed by atoms with Crippen molar-refractivity contribution >= 4 is 29.1 Å². The minimum Gasteiger partial charge on any atom is -0.397 e. The molecule has 0 fully saturated rings. The van der Waals surface area contributed by atoms with Gasteiger partial charge in [0.05, 0.1) is 5.69 Å². The Bertz CT molecular complexity index is 529. The second kappa shape index (κ2) is 5.43. The lowest BCUT2D eigenvalue weighted by Gasteiger charge is -2.06. The molecule has 2 aromatic rings. The van der Waals surface area contributed by atoms with Crippen LogP contribution in [0.5, 0.6) is 0 Å². The summed E-state index contributed by atoms with van der Waals surface area (Å²) in [6.07, 6.45) is 1.75.